The SMILES string of the molecule is C=CC(O)c1cc(=O)c(OC(c2ccccc2)c2ccccc2)cn1OC(c1ccccc1)c1ccccc1. The van der Waals surface area contributed by atoms with E-state index < -0.39 is 18.3 Å². The van der Waals surface area contributed by atoms with Crippen LogP contribution in [0, 0.1) is 0 Å². The predicted octanol–water partition coefficient (Wildman–Crippen LogP) is 6.45. The van der Waals surface area contributed by atoms with Gasteiger partial charge in [-0.2, -0.15) is 4.73 Å². The molecule has 194 valence electrons. The van der Waals surface area contributed by atoms with E-state index in [1.165, 1.54) is 23.1 Å². The summed E-state index contributed by atoms with van der Waals surface area (Å²) in [6.45, 7) is 3.70. The Morgan fingerprint density at radius 1 is 0.667 bits per heavy atom. The minimum atomic E-state index is -1.13. The lowest BCUT2D eigenvalue weighted by Crippen LogP contribution is -2.26. The van der Waals surface area contributed by atoms with Gasteiger partial charge in [0, 0.05) is 6.07 Å². The van der Waals surface area contributed by atoms with Crippen molar-refractivity contribution in [3.8, 4) is 5.75 Å². The number of hydrogen-bond acceptors (Lipinski definition) is 4. The van der Waals surface area contributed by atoms with Crippen LogP contribution in [0.2, 0.25) is 0 Å². The lowest BCUT2D eigenvalue weighted by Gasteiger charge is -2.26. The number of hydrogen-bond donors (Lipinski definition) is 1. The molecule has 0 aliphatic heterocycles. The molecule has 1 heterocycles. The van der Waals surface area contributed by atoms with Crippen LogP contribution in [0.4, 0.5) is 0 Å². The molecule has 0 radical (unpaired) electrons. The van der Waals surface area contributed by atoms with Gasteiger partial charge in [-0.25, -0.2) is 0 Å². The van der Waals surface area contributed by atoms with E-state index in [1.807, 2.05) is 121 Å². The summed E-state index contributed by atoms with van der Waals surface area (Å²) in [4.78, 5) is 19.8. The van der Waals surface area contributed by atoms with Crippen molar-refractivity contribution in [2.45, 2.75) is 18.3 Å². The third-order valence-electron chi connectivity index (χ3n) is 6.41. The van der Waals surface area contributed by atoms with E-state index >= 15 is 0 Å². The second kappa shape index (κ2) is 12.1. The molecule has 0 fully saturated rings. The van der Waals surface area contributed by atoms with Gasteiger partial charge in [-0.15, -0.1) is 6.58 Å². The van der Waals surface area contributed by atoms with Gasteiger partial charge in [0.05, 0.1) is 11.9 Å². The fourth-order valence-corrected chi connectivity index (χ4v) is 4.42. The van der Waals surface area contributed by atoms with Gasteiger partial charge >= 0.3 is 0 Å². The molecule has 4 aromatic carbocycles. The first-order valence-electron chi connectivity index (χ1n) is 12.7. The van der Waals surface area contributed by atoms with Gasteiger partial charge in [-0.1, -0.05) is 127 Å². The van der Waals surface area contributed by atoms with Gasteiger partial charge in [0.2, 0.25) is 5.43 Å². The quantitative estimate of drug-likeness (QED) is 0.217. The standard InChI is InChI=1S/C34H29NO4/c1-2-30(36)29-23-31(37)32(38-33(25-15-7-3-8-16-25)26-17-9-4-10-18-26)24-35(29)39-34(27-19-11-5-12-20-27)28-21-13-6-14-22-28/h2-24,30,33-34,36H,1H2. The summed E-state index contributed by atoms with van der Waals surface area (Å²) in [6.07, 6.45) is 0.687. The minimum Gasteiger partial charge on any atom is -0.475 e. The van der Waals surface area contributed by atoms with Crippen molar-refractivity contribution in [3.05, 3.63) is 184 Å². The second-order valence-corrected chi connectivity index (χ2v) is 9.06. The van der Waals surface area contributed by atoms with Crippen LogP contribution in [0.1, 0.15) is 46.3 Å². The molecule has 1 N–H and O–H groups in total. The first-order chi connectivity index (χ1) is 19.1. The van der Waals surface area contributed by atoms with E-state index in [1.54, 1.807) is 0 Å². The zero-order valence-electron chi connectivity index (χ0n) is 21.3. The summed E-state index contributed by atoms with van der Waals surface area (Å²) >= 11 is 0. The van der Waals surface area contributed by atoms with Gasteiger partial charge < -0.3 is 14.7 Å². The summed E-state index contributed by atoms with van der Waals surface area (Å²) in [6, 6.07) is 40.3. The smallest absolute Gasteiger partial charge is 0.224 e. The van der Waals surface area contributed by atoms with Crippen LogP contribution in [0.3, 0.4) is 0 Å². The zero-order valence-corrected chi connectivity index (χ0v) is 21.3. The second-order valence-electron chi connectivity index (χ2n) is 9.06. The lowest BCUT2D eigenvalue weighted by molar-refractivity contribution is 0.0399. The van der Waals surface area contributed by atoms with Gasteiger partial charge in [0.1, 0.15) is 12.2 Å². The number of ether oxygens (including phenoxy) is 1. The third kappa shape index (κ3) is 6.00. The topological polar surface area (TPSA) is 60.7 Å². The number of benzene rings is 4. The summed E-state index contributed by atoms with van der Waals surface area (Å²) in [5.74, 6) is 0.0904. The molecular weight excluding hydrogens is 486 g/mol. The fourth-order valence-electron chi connectivity index (χ4n) is 4.42. The highest BCUT2D eigenvalue weighted by atomic mass is 16.7. The van der Waals surface area contributed by atoms with Crippen molar-refractivity contribution < 1.29 is 14.7 Å². The molecule has 5 aromatic rings. The number of aromatic nitrogens is 1. The Kier molecular flexibility index (Phi) is 8.00. The van der Waals surface area contributed by atoms with Crippen molar-refractivity contribution in [3.63, 3.8) is 0 Å². The molecular formula is C34H29NO4. The van der Waals surface area contributed by atoms with E-state index in [0.29, 0.717) is 0 Å². The molecule has 0 spiro atoms. The van der Waals surface area contributed by atoms with Crippen LogP contribution in [0.25, 0.3) is 0 Å². The molecule has 0 aliphatic carbocycles. The Morgan fingerprint density at radius 3 is 1.49 bits per heavy atom. The van der Waals surface area contributed by atoms with Crippen LogP contribution in [0.15, 0.2) is 151 Å². The maximum absolute atomic E-state index is 13.3. The monoisotopic (exact) mass is 515 g/mol. The van der Waals surface area contributed by atoms with E-state index in [-0.39, 0.29) is 16.9 Å². The summed E-state index contributed by atoms with van der Waals surface area (Å²) in [5, 5.41) is 10.7. The number of aliphatic hydroxyl groups excluding tert-OH is 1. The van der Waals surface area contributed by atoms with Gasteiger partial charge in [0.25, 0.3) is 0 Å². The average Bonchev–Trinajstić information content (AvgIpc) is 3.01. The molecule has 0 amide bonds. The van der Waals surface area contributed by atoms with Crippen LogP contribution >= 0.6 is 0 Å². The molecule has 0 saturated heterocycles. The number of aliphatic hydroxyl groups is 1. The lowest BCUT2D eigenvalue weighted by atomic mass is 10.0. The molecule has 0 aliphatic rings. The molecule has 5 nitrogen and oxygen atoms in total. The largest absolute Gasteiger partial charge is 0.475 e. The Hall–Kier alpha value is -4.87. The molecule has 5 rings (SSSR count). The highest BCUT2D eigenvalue weighted by Gasteiger charge is 2.23. The molecule has 5 heteroatoms. The minimum absolute atomic E-state index is 0.0904. The third-order valence-corrected chi connectivity index (χ3v) is 6.41. The van der Waals surface area contributed by atoms with Crippen molar-refractivity contribution in [2.24, 2.45) is 0 Å². The molecule has 0 saturated carbocycles. The fraction of sp³-hybridized carbons (Fsp3) is 0.0882. The maximum Gasteiger partial charge on any atom is 0.224 e. The first kappa shape index (κ1) is 25.8. The van der Waals surface area contributed by atoms with E-state index in [0.717, 1.165) is 22.3 Å². The highest BCUT2D eigenvalue weighted by molar-refractivity contribution is 5.34. The predicted molar refractivity (Wildman–Crippen MR) is 153 cm³/mol. The summed E-state index contributed by atoms with van der Waals surface area (Å²) in [7, 11) is 0. The van der Waals surface area contributed by atoms with Crippen LogP contribution in [0.5, 0.6) is 5.75 Å². The van der Waals surface area contributed by atoms with Crippen LogP contribution in [-0.2, 0) is 0 Å². The molecule has 0 bridgehead atoms. The Labute approximate surface area is 227 Å². The Balaban J connectivity index is 1.59. The number of nitrogens with zero attached hydrogens (tertiary/aromatic N) is 1. The highest BCUT2D eigenvalue weighted by Crippen LogP contribution is 2.29. The molecule has 1 aromatic heterocycles. The maximum atomic E-state index is 13.3. The van der Waals surface area contributed by atoms with E-state index in [2.05, 4.69) is 6.58 Å². The van der Waals surface area contributed by atoms with Crippen molar-refractivity contribution in [2.75, 3.05) is 0 Å². The van der Waals surface area contributed by atoms with Crippen LogP contribution < -0.4 is 15.0 Å². The van der Waals surface area contributed by atoms with Gasteiger partial charge in [0.15, 0.2) is 11.9 Å². The summed E-state index contributed by atoms with van der Waals surface area (Å²) in [5.41, 5.74) is 3.49. The molecule has 1 unspecified atom stereocenters. The number of rotatable bonds is 10. The van der Waals surface area contributed by atoms with Crippen LogP contribution in [-0.4, -0.2) is 9.84 Å². The van der Waals surface area contributed by atoms with Crippen molar-refractivity contribution in [1.29, 1.82) is 0 Å². The molecule has 1 atom stereocenters. The van der Waals surface area contributed by atoms with Crippen molar-refractivity contribution in [1.82, 2.24) is 4.73 Å². The summed E-state index contributed by atoms with van der Waals surface area (Å²) < 4.78 is 7.82. The van der Waals surface area contributed by atoms with Gasteiger partial charge in [-0.05, 0) is 22.3 Å². The van der Waals surface area contributed by atoms with E-state index in [4.69, 9.17) is 9.57 Å². The number of pyridine rings is 1. The van der Waals surface area contributed by atoms with E-state index in [9.17, 15) is 9.90 Å². The average molecular weight is 516 g/mol. The Bertz CT molecular complexity index is 1470. The zero-order chi connectivity index (χ0) is 27.0. The van der Waals surface area contributed by atoms with Gasteiger partial charge in [-0.3, -0.25) is 4.79 Å². The van der Waals surface area contributed by atoms with Crippen molar-refractivity contribution >= 4 is 0 Å². The first-order valence-corrected chi connectivity index (χ1v) is 12.7. The Morgan fingerprint density at radius 2 is 1.08 bits per heavy atom. The normalized spacial score (nSPS) is 11.8. The molecule has 39 heavy (non-hydrogen) atoms.